The normalized spacial score (nSPS) is 20.5. The summed E-state index contributed by atoms with van der Waals surface area (Å²) in [6.45, 7) is 5.59. The Balaban J connectivity index is 1.47. The second-order valence-corrected chi connectivity index (χ2v) is 13.4. The monoisotopic (exact) mass is 658 g/mol. The van der Waals surface area contributed by atoms with Crippen LogP contribution in [0.1, 0.15) is 51.2 Å². The fourth-order valence-electron chi connectivity index (χ4n) is 7.05. The molecule has 1 fully saturated rings. The topological polar surface area (TPSA) is 111 Å². The van der Waals surface area contributed by atoms with E-state index in [0.717, 1.165) is 22.1 Å². The van der Waals surface area contributed by atoms with Crippen molar-refractivity contribution in [3.8, 4) is 0 Å². The number of nitrogens with zero attached hydrogens (tertiary/aromatic N) is 1. The Labute approximate surface area is 279 Å². The quantitative estimate of drug-likeness (QED) is 0.226. The van der Waals surface area contributed by atoms with Gasteiger partial charge in [0.25, 0.3) is 0 Å². The predicted octanol–water partition coefficient (Wildman–Crippen LogP) is 2.70. The number of amides is 3. The first kappa shape index (κ1) is 34.8. The van der Waals surface area contributed by atoms with Gasteiger partial charge in [-0.3, -0.25) is 14.4 Å². The highest BCUT2D eigenvalue weighted by atomic mass is 19.1. The molecule has 2 aliphatic heterocycles. The minimum Gasteiger partial charge on any atom is -0.388 e. The van der Waals surface area contributed by atoms with Crippen molar-refractivity contribution in [1.82, 2.24) is 20.9 Å². The third kappa shape index (κ3) is 8.28. The first-order valence-electron chi connectivity index (χ1n) is 16.5. The van der Waals surface area contributed by atoms with Crippen molar-refractivity contribution >= 4 is 30.0 Å². The number of aliphatic hydroxyl groups is 1. The van der Waals surface area contributed by atoms with E-state index < -0.39 is 47.3 Å². The number of aryl methyl sites for hydroxylation is 1. The number of hydrogen-bond donors (Lipinski definition) is 4. The molecule has 0 unspecified atom stereocenters. The summed E-state index contributed by atoms with van der Waals surface area (Å²) in [6, 6.07) is 17.8. The Hall–Kier alpha value is -4.57. The number of carbonyl (C=O) groups is 3. The van der Waals surface area contributed by atoms with Gasteiger partial charge < -0.3 is 26.0 Å². The van der Waals surface area contributed by atoms with Crippen LogP contribution in [-0.2, 0) is 27.2 Å². The van der Waals surface area contributed by atoms with E-state index in [1.807, 2.05) is 74.5 Å². The minimum atomic E-state index is -1.21. The van der Waals surface area contributed by atoms with Crippen molar-refractivity contribution in [3.63, 3.8) is 0 Å². The van der Waals surface area contributed by atoms with Gasteiger partial charge in [0.2, 0.25) is 17.7 Å². The van der Waals surface area contributed by atoms with Crippen LogP contribution in [0.2, 0.25) is 0 Å². The molecular weight excluding hydrogens is 614 g/mol. The van der Waals surface area contributed by atoms with Crippen LogP contribution in [0, 0.1) is 17.6 Å². The van der Waals surface area contributed by atoms with Gasteiger partial charge in [-0.05, 0) is 71.7 Å². The zero-order valence-electron chi connectivity index (χ0n) is 27.6. The molecule has 2 heterocycles. The molecule has 1 saturated heterocycles. The number of hydrogen-bond acceptors (Lipinski definition) is 5. The highest BCUT2D eigenvalue weighted by molar-refractivity contribution is 5.96. The van der Waals surface area contributed by atoms with E-state index in [9.17, 15) is 28.3 Å². The summed E-state index contributed by atoms with van der Waals surface area (Å²) < 4.78 is 28.5. The van der Waals surface area contributed by atoms with E-state index in [1.165, 1.54) is 24.0 Å². The van der Waals surface area contributed by atoms with Crippen molar-refractivity contribution in [3.05, 3.63) is 106 Å². The van der Waals surface area contributed by atoms with Crippen molar-refractivity contribution in [2.75, 3.05) is 6.54 Å². The third-order valence-electron chi connectivity index (χ3n) is 9.12. The minimum absolute atomic E-state index is 0.0716. The molecule has 3 aromatic carbocycles. The lowest BCUT2D eigenvalue weighted by atomic mass is 9.87. The first-order chi connectivity index (χ1) is 22.9. The fourth-order valence-corrected chi connectivity index (χ4v) is 7.05. The summed E-state index contributed by atoms with van der Waals surface area (Å²) in [5.41, 5.74) is 0.115. The summed E-state index contributed by atoms with van der Waals surface area (Å²) in [6.07, 6.45) is 3.90. The summed E-state index contributed by atoms with van der Waals surface area (Å²) >= 11 is 0. The Morgan fingerprint density at radius 1 is 1.00 bits per heavy atom. The number of rotatable bonds is 13. The average molecular weight is 659 g/mol. The van der Waals surface area contributed by atoms with Crippen LogP contribution in [0.3, 0.4) is 0 Å². The van der Waals surface area contributed by atoms with Gasteiger partial charge in [0.15, 0.2) is 0 Å². The van der Waals surface area contributed by atoms with Crippen LogP contribution in [0.5, 0.6) is 0 Å². The van der Waals surface area contributed by atoms with Crippen molar-refractivity contribution in [2.24, 2.45) is 5.92 Å². The number of benzene rings is 3. The lowest BCUT2D eigenvalue weighted by molar-refractivity contribution is -0.143. The van der Waals surface area contributed by atoms with E-state index in [2.05, 4.69) is 16.0 Å². The van der Waals surface area contributed by atoms with Crippen LogP contribution < -0.4 is 26.4 Å². The Kier molecular flexibility index (Phi) is 10.9. The number of halogens is 2. The van der Waals surface area contributed by atoms with E-state index >= 15 is 0 Å². The van der Waals surface area contributed by atoms with Gasteiger partial charge in [-0.25, -0.2) is 8.78 Å². The van der Waals surface area contributed by atoms with Gasteiger partial charge in [0.05, 0.1) is 18.2 Å². The molecular formula is C38H44F2N4O4. The van der Waals surface area contributed by atoms with Crippen LogP contribution in [0.25, 0.3) is 12.3 Å². The zero-order valence-corrected chi connectivity index (χ0v) is 27.6. The molecule has 0 radical (unpaired) electrons. The molecule has 3 aromatic rings. The first-order valence-corrected chi connectivity index (χ1v) is 16.5. The second-order valence-electron chi connectivity index (χ2n) is 13.4. The summed E-state index contributed by atoms with van der Waals surface area (Å²) in [5, 5.41) is 22.6. The Morgan fingerprint density at radius 3 is 2.33 bits per heavy atom. The highest BCUT2D eigenvalue weighted by Gasteiger charge is 2.50. The summed E-state index contributed by atoms with van der Waals surface area (Å²) in [7, 11) is 0. The molecule has 3 amide bonds. The molecule has 2 aliphatic rings. The number of carbonyl (C=O) groups excluding carboxylic acids is 3. The van der Waals surface area contributed by atoms with Crippen LogP contribution >= 0.6 is 0 Å². The predicted molar refractivity (Wildman–Crippen MR) is 180 cm³/mol. The second kappa shape index (κ2) is 15.1. The van der Waals surface area contributed by atoms with Gasteiger partial charge in [0, 0.05) is 25.7 Å². The molecule has 8 nitrogen and oxygen atoms in total. The molecule has 0 spiro atoms. The van der Waals surface area contributed by atoms with Gasteiger partial charge in [0.1, 0.15) is 23.2 Å². The molecule has 0 bridgehead atoms. The van der Waals surface area contributed by atoms with E-state index in [0.29, 0.717) is 19.3 Å². The van der Waals surface area contributed by atoms with Crippen LogP contribution in [-0.4, -0.2) is 64.0 Å². The molecule has 48 heavy (non-hydrogen) atoms. The molecule has 5 rings (SSSR count). The lowest BCUT2D eigenvalue weighted by Gasteiger charge is -2.35. The standard InChI is InChI=1S/C38H44F2N4O4/c1-24(2)22-38(43-25(3)45)15-16-44(37(38)48)34(14-13-26-9-5-4-6-10-26)36(47)42-33(19-27-17-30(39)21-31(40)18-27)35(46)32-20-28-11-7-8-12-29(28)23-41-32/h4-12,17-18,20-21,23-24,32-35,41,46H,13-16,19,22H2,1-3H3,(H,42,47)(H,43,45)/t32-,33+,34+,35-,38+/m1/s1. The third-order valence-corrected chi connectivity index (χ3v) is 9.12. The molecule has 5 atom stereocenters. The molecule has 4 N–H and O–H groups in total. The number of nitrogens with one attached hydrogen (secondary N) is 3. The van der Waals surface area contributed by atoms with Gasteiger partial charge >= 0.3 is 0 Å². The van der Waals surface area contributed by atoms with Gasteiger partial charge in [-0.1, -0.05) is 74.5 Å². The smallest absolute Gasteiger partial charge is 0.249 e. The maximum absolute atomic E-state index is 14.4. The largest absolute Gasteiger partial charge is 0.388 e. The number of fused-ring (bicyclic) bond motifs is 1. The molecule has 10 heteroatoms. The maximum Gasteiger partial charge on any atom is 0.249 e. The van der Waals surface area contributed by atoms with E-state index in [-0.39, 0.29) is 42.7 Å². The molecule has 254 valence electrons. The van der Waals surface area contributed by atoms with Crippen LogP contribution in [0.15, 0.2) is 72.8 Å². The number of aliphatic hydroxyl groups excluding tert-OH is 1. The molecule has 0 aliphatic carbocycles. The van der Waals surface area contributed by atoms with Crippen molar-refractivity contribution < 1.29 is 28.3 Å². The number of likely N-dealkylation sites (tertiary alicyclic amines) is 1. The van der Waals surface area contributed by atoms with Crippen LogP contribution in [0.4, 0.5) is 8.78 Å². The van der Waals surface area contributed by atoms with E-state index in [1.54, 1.807) is 6.20 Å². The SMILES string of the molecule is CC(=O)N[C@]1(CC(C)C)CCN([C@@H](CCc2ccccc2)C(=O)N[C@@H](Cc2cc(F)cc(F)c2)[C@H](O)[C@H]2C=c3ccccc3=CN2)C1=O. The van der Waals surface area contributed by atoms with Crippen molar-refractivity contribution in [1.29, 1.82) is 0 Å². The summed E-state index contributed by atoms with van der Waals surface area (Å²) in [5.74, 6) is -2.57. The lowest BCUT2D eigenvalue weighted by Crippen LogP contribution is -2.60. The average Bonchev–Trinajstić information content (AvgIpc) is 3.33. The Morgan fingerprint density at radius 2 is 1.67 bits per heavy atom. The highest BCUT2D eigenvalue weighted by Crippen LogP contribution is 2.32. The maximum atomic E-state index is 14.4. The van der Waals surface area contributed by atoms with E-state index in [4.69, 9.17) is 0 Å². The molecule has 0 aromatic heterocycles. The Bertz CT molecular complexity index is 1730. The summed E-state index contributed by atoms with van der Waals surface area (Å²) in [4.78, 5) is 42.4. The van der Waals surface area contributed by atoms with Gasteiger partial charge in [-0.2, -0.15) is 0 Å². The van der Waals surface area contributed by atoms with Gasteiger partial charge in [-0.15, -0.1) is 0 Å². The zero-order chi connectivity index (χ0) is 34.4. The fraction of sp³-hybridized carbons (Fsp3) is 0.395. The molecule has 0 saturated carbocycles. The van der Waals surface area contributed by atoms with Crippen molar-refractivity contribution in [2.45, 2.75) is 82.6 Å².